The molecule has 3 aromatic rings. The Morgan fingerprint density at radius 1 is 1.21 bits per heavy atom. The first-order valence-electron chi connectivity index (χ1n) is 11.7. The lowest BCUT2D eigenvalue weighted by Gasteiger charge is -2.32. The maximum Gasteiger partial charge on any atom is 0.228 e. The third-order valence-electron chi connectivity index (χ3n) is 5.55. The molecule has 3 aromatic heterocycles. The number of nitrogens with zero attached hydrogens (tertiary/aromatic N) is 6. The van der Waals surface area contributed by atoms with Crippen LogP contribution in [-0.4, -0.2) is 70.2 Å². The van der Waals surface area contributed by atoms with E-state index >= 15 is 0 Å². The molecule has 33 heavy (non-hydrogen) atoms. The van der Waals surface area contributed by atoms with Crippen LogP contribution in [0.1, 0.15) is 32.0 Å². The fraction of sp³-hybridized carbons (Fsp3) is 0.565. The molecule has 0 saturated carbocycles. The van der Waals surface area contributed by atoms with Crippen molar-refractivity contribution in [1.29, 1.82) is 0 Å². The van der Waals surface area contributed by atoms with Crippen LogP contribution in [0.15, 0.2) is 18.3 Å². The minimum atomic E-state index is 0.365. The monoisotopic (exact) mass is 454 g/mol. The van der Waals surface area contributed by atoms with Crippen LogP contribution in [0.4, 0.5) is 17.6 Å². The molecule has 0 amide bonds. The molecule has 1 saturated heterocycles. The maximum atomic E-state index is 5.72. The quantitative estimate of drug-likeness (QED) is 0.448. The third-order valence-corrected chi connectivity index (χ3v) is 5.55. The van der Waals surface area contributed by atoms with Gasteiger partial charge in [-0.25, -0.2) is 9.97 Å². The molecular weight excluding hydrogens is 420 g/mol. The van der Waals surface area contributed by atoms with Gasteiger partial charge in [-0.15, -0.1) is 0 Å². The van der Waals surface area contributed by atoms with Crippen LogP contribution in [-0.2, 0) is 22.6 Å². The summed E-state index contributed by atoms with van der Waals surface area (Å²) in [5, 5.41) is 11.7. The Balaban J connectivity index is 1.82. The highest BCUT2D eigenvalue weighted by Crippen LogP contribution is 2.29. The predicted molar refractivity (Wildman–Crippen MR) is 129 cm³/mol. The zero-order valence-corrected chi connectivity index (χ0v) is 20.0. The number of pyridine rings is 1. The maximum absolute atomic E-state index is 5.72. The van der Waals surface area contributed by atoms with Gasteiger partial charge >= 0.3 is 0 Å². The summed E-state index contributed by atoms with van der Waals surface area (Å²) >= 11 is 0. The van der Waals surface area contributed by atoms with E-state index in [4.69, 9.17) is 24.5 Å². The van der Waals surface area contributed by atoms with Gasteiger partial charge in [0.25, 0.3) is 0 Å². The van der Waals surface area contributed by atoms with Crippen molar-refractivity contribution in [3.05, 3.63) is 29.6 Å². The number of hydrogen-bond acceptors (Lipinski definition) is 9. The molecule has 0 bridgehead atoms. The second-order valence-corrected chi connectivity index (χ2v) is 8.22. The molecule has 1 aliphatic rings. The first-order valence-corrected chi connectivity index (χ1v) is 11.7. The van der Waals surface area contributed by atoms with Crippen LogP contribution in [0.5, 0.6) is 0 Å². The lowest BCUT2D eigenvalue weighted by molar-refractivity contribution is 0.128. The number of ether oxygens (including phenoxy) is 2. The third kappa shape index (κ3) is 5.58. The summed E-state index contributed by atoms with van der Waals surface area (Å²) in [5.74, 6) is 2.11. The van der Waals surface area contributed by atoms with E-state index in [9.17, 15) is 0 Å². The molecule has 1 aliphatic heterocycles. The summed E-state index contributed by atoms with van der Waals surface area (Å²) in [6, 6.07) is 4.34. The van der Waals surface area contributed by atoms with Gasteiger partial charge in [0.05, 0.1) is 19.8 Å². The lowest BCUT2D eigenvalue weighted by Crippen LogP contribution is -2.49. The predicted octanol–water partition coefficient (Wildman–Crippen LogP) is 2.64. The molecular formula is C23H34N8O2. The van der Waals surface area contributed by atoms with Crippen molar-refractivity contribution >= 4 is 28.6 Å². The van der Waals surface area contributed by atoms with Gasteiger partial charge in [0.15, 0.2) is 5.82 Å². The summed E-state index contributed by atoms with van der Waals surface area (Å²) in [6.07, 6.45) is 1.79. The van der Waals surface area contributed by atoms with Crippen LogP contribution in [0, 0.1) is 6.92 Å². The van der Waals surface area contributed by atoms with Crippen molar-refractivity contribution in [3.63, 3.8) is 0 Å². The fourth-order valence-corrected chi connectivity index (χ4v) is 3.95. The normalized spacial score (nSPS) is 16.5. The van der Waals surface area contributed by atoms with Gasteiger partial charge in [0.2, 0.25) is 5.95 Å². The molecule has 0 radical (unpaired) electrons. The van der Waals surface area contributed by atoms with E-state index < -0.39 is 0 Å². The van der Waals surface area contributed by atoms with E-state index in [1.54, 1.807) is 6.20 Å². The van der Waals surface area contributed by atoms with Gasteiger partial charge in [0, 0.05) is 45.1 Å². The lowest BCUT2D eigenvalue weighted by atomic mass is 10.2. The van der Waals surface area contributed by atoms with E-state index in [-0.39, 0.29) is 0 Å². The molecule has 10 nitrogen and oxygen atoms in total. The molecule has 0 spiro atoms. The van der Waals surface area contributed by atoms with Crippen molar-refractivity contribution in [1.82, 2.24) is 30.0 Å². The molecule has 0 aliphatic carbocycles. The average Bonchev–Trinajstić information content (AvgIpc) is 3.15. The van der Waals surface area contributed by atoms with E-state index in [2.05, 4.69) is 27.4 Å². The standard InChI is InChI=1S/C23H34N8O2/c1-5-32-12-11-31-21-20(18(29-31)15-33-6-2)27-23(30-10-9-24-17(4)14-30)28-22(21)26-19-13-16(3)7-8-25-19/h7-8,13,17,24H,5-6,9-12,14-15H2,1-4H3,(H,25,26,27,28). The SMILES string of the molecule is CCOCCn1nc(COCC)c2nc(N3CCNC(C)C3)nc(Nc3cc(C)ccn3)c21. The van der Waals surface area contributed by atoms with E-state index in [1.807, 2.05) is 37.6 Å². The zero-order valence-electron chi connectivity index (χ0n) is 20.0. The Bertz CT molecular complexity index is 1070. The number of anilines is 3. The molecule has 1 unspecified atom stereocenters. The van der Waals surface area contributed by atoms with Crippen LogP contribution in [0.2, 0.25) is 0 Å². The highest BCUT2D eigenvalue weighted by atomic mass is 16.5. The number of nitrogens with one attached hydrogen (secondary N) is 2. The smallest absolute Gasteiger partial charge is 0.228 e. The molecule has 2 N–H and O–H groups in total. The van der Waals surface area contributed by atoms with Gasteiger partial charge < -0.3 is 25.0 Å². The van der Waals surface area contributed by atoms with Crippen LogP contribution in [0.25, 0.3) is 11.0 Å². The molecule has 4 rings (SSSR count). The number of fused-ring (bicyclic) bond motifs is 1. The Hall–Kier alpha value is -2.82. The highest BCUT2D eigenvalue weighted by Gasteiger charge is 2.24. The van der Waals surface area contributed by atoms with Gasteiger partial charge in [0.1, 0.15) is 22.5 Å². The Kier molecular flexibility index (Phi) is 7.69. The first-order chi connectivity index (χ1) is 16.1. The Morgan fingerprint density at radius 3 is 2.82 bits per heavy atom. The molecule has 1 atom stereocenters. The molecule has 0 aromatic carbocycles. The summed E-state index contributed by atoms with van der Waals surface area (Å²) < 4.78 is 13.2. The topological polar surface area (TPSA) is 102 Å². The number of piperazine rings is 1. The molecule has 10 heteroatoms. The van der Waals surface area contributed by atoms with Gasteiger partial charge in [-0.3, -0.25) is 4.68 Å². The fourth-order valence-electron chi connectivity index (χ4n) is 3.95. The Labute approximate surface area is 194 Å². The number of aromatic nitrogens is 5. The van der Waals surface area contributed by atoms with Gasteiger partial charge in [-0.2, -0.15) is 10.1 Å². The minimum Gasteiger partial charge on any atom is -0.380 e. The largest absolute Gasteiger partial charge is 0.380 e. The van der Waals surface area contributed by atoms with Crippen LogP contribution >= 0.6 is 0 Å². The summed E-state index contributed by atoms with van der Waals surface area (Å²) in [6.45, 7) is 13.6. The summed E-state index contributed by atoms with van der Waals surface area (Å²) in [4.78, 5) is 16.6. The number of hydrogen-bond donors (Lipinski definition) is 2. The average molecular weight is 455 g/mol. The summed E-state index contributed by atoms with van der Waals surface area (Å²) in [5.41, 5.74) is 3.55. The molecule has 4 heterocycles. The number of aryl methyl sites for hydroxylation is 1. The highest BCUT2D eigenvalue weighted by molar-refractivity contribution is 5.90. The molecule has 178 valence electrons. The van der Waals surface area contributed by atoms with Crippen molar-refractivity contribution in [2.75, 3.05) is 49.7 Å². The van der Waals surface area contributed by atoms with Crippen molar-refractivity contribution in [3.8, 4) is 0 Å². The van der Waals surface area contributed by atoms with Crippen molar-refractivity contribution in [2.45, 2.75) is 46.9 Å². The molecule has 1 fully saturated rings. The van der Waals surface area contributed by atoms with Crippen LogP contribution in [0.3, 0.4) is 0 Å². The first kappa shape index (κ1) is 23.3. The van der Waals surface area contributed by atoms with Crippen molar-refractivity contribution in [2.24, 2.45) is 0 Å². The van der Waals surface area contributed by atoms with E-state index in [0.717, 1.165) is 47.7 Å². The van der Waals surface area contributed by atoms with Crippen molar-refractivity contribution < 1.29 is 9.47 Å². The number of rotatable bonds is 10. The van der Waals surface area contributed by atoms with Crippen LogP contribution < -0.4 is 15.5 Å². The van der Waals surface area contributed by atoms with Gasteiger partial charge in [-0.05, 0) is 45.4 Å². The second kappa shape index (κ2) is 10.9. The van der Waals surface area contributed by atoms with E-state index in [0.29, 0.717) is 50.8 Å². The Morgan fingerprint density at radius 2 is 2.06 bits per heavy atom. The van der Waals surface area contributed by atoms with E-state index in [1.165, 1.54) is 0 Å². The van der Waals surface area contributed by atoms with Gasteiger partial charge in [-0.1, -0.05) is 0 Å². The minimum absolute atomic E-state index is 0.365. The summed E-state index contributed by atoms with van der Waals surface area (Å²) in [7, 11) is 0. The second-order valence-electron chi connectivity index (χ2n) is 8.22. The zero-order chi connectivity index (χ0) is 23.2.